The van der Waals surface area contributed by atoms with Crippen LogP contribution in [0.5, 0.6) is 0 Å². The number of thiophene rings is 1. The van der Waals surface area contributed by atoms with Crippen molar-refractivity contribution >= 4 is 11.3 Å². The van der Waals surface area contributed by atoms with Crippen molar-refractivity contribution in [2.24, 2.45) is 17.6 Å². The second-order valence-electron chi connectivity index (χ2n) is 6.27. The molecular weight excluding hydrogens is 240 g/mol. The first-order valence-corrected chi connectivity index (χ1v) is 8.17. The molecule has 4 unspecified atom stereocenters. The SMILES string of the molecule is CC1CCC1N1CC(N)CC(Cc2ccsc2)C1. The van der Waals surface area contributed by atoms with Gasteiger partial charge in [-0.1, -0.05) is 6.92 Å². The van der Waals surface area contributed by atoms with Gasteiger partial charge in [-0.15, -0.1) is 0 Å². The van der Waals surface area contributed by atoms with Gasteiger partial charge in [0, 0.05) is 25.2 Å². The van der Waals surface area contributed by atoms with Gasteiger partial charge in [0.25, 0.3) is 0 Å². The summed E-state index contributed by atoms with van der Waals surface area (Å²) in [6.07, 6.45) is 5.22. The van der Waals surface area contributed by atoms with Crippen LogP contribution < -0.4 is 5.73 Å². The van der Waals surface area contributed by atoms with Crippen molar-refractivity contribution in [3.8, 4) is 0 Å². The summed E-state index contributed by atoms with van der Waals surface area (Å²) in [6.45, 7) is 4.77. The third-order valence-corrected chi connectivity index (χ3v) is 5.48. The molecule has 0 spiro atoms. The maximum Gasteiger partial charge on any atom is 0.0171 e. The van der Waals surface area contributed by atoms with Gasteiger partial charge in [0.15, 0.2) is 0 Å². The average molecular weight is 264 g/mol. The lowest BCUT2D eigenvalue weighted by atomic mass is 9.78. The maximum atomic E-state index is 6.27. The highest BCUT2D eigenvalue weighted by atomic mass is 32.1. The molecule has 3 rings (SSSR count). The molecule has 0 bridgehead atoms. The van der Waals surface area contributed by atoms with Gasteiger partial charge in [-0.25, -0.2) is 0 Å². The van der Waals surface area contributed by atoms with Gasteiger partial charge in [0.1, 0.15) is 0 Å². The third kappa shape index (κ3) is 2.63. The summed E-state index contributed by atoms with van der Waals surface area (Å²) in [6, 6.07) is 3.47. The highest BCUT2D eigenvalue weighted by Crippen LogP contribution is 2.34. The zero-order valence-corrected chi connectivity index (χ0v) is 12.0. The van der Waals surface area contributed by atoms with Gasteiger partial charge < -0.3 is 5.73 Å². The van der Waals surface area contributed by atoms with E-state index in [1.165, 1.54) is 37.8 Å². The van der Waals surface area contributed by atoms with Crippen molar-refractivity contribution in [3.63, 3.8) is 0 Å². The molecule has 1 saturated heterocycles. The largest absolute Gasteiger partial charge is 0.327 e. The fraction of sp³-hybridized carbons (Fsp3) is 0.733. The van der Waals surface area contributed by atoms with E-state index in [2.05, 4.69) is 28.7 Å². The normalized spacial score (nSPS) is 37.4. The van der Waals surface area contributed by atoms with E-state index in [9.17, 15) is 0 Å². The Labute approximate surface area is 114 Å². The number of nitrogens with two attached hydrogens (primary N) is 1. The monoisotopic (exact) mass is 264 g/mol. The van der Waals surface area contributed by atoms with E-state index in [4.69, 9.17) is 5.73 Å². The number of hydrogen-bond acceptors (Lipinski definition) is 3. The lowest BCUT2D eigenvalue weighted by Gasteiger charge is -2.48. The minimum Gasteiger partial charge on any atom is -0.327 e. The predicted octanol–water partition coefficient (Wildman–Crippen LogP) is 2.74. The van der Waals surface area contributed by atoms with Gasteiger partial charge in [-0.2, -0.15) is 11.3 Å². The van der Waals surface area contributed by atoms with Crippen LogP contribution in [-0.4, -0.2) is 30.1 Å². The van der Waals surface area contributed by atoms with Crippen LogP contribution in [0, 0.1) is 11.8 Å². The summed E-state index contributed by atoms with van der Waals surface area (Å²) in [5.74, 6) is 1.65. The molecule has 100 valence electrons. The van der Waals surface area contributed by atoms with Crippen molar-refractivity contribution in [2.75, 3.05) is 13.1 Å². The summed E-state index contributed by atoms with van der Waals surface area (Å²) in [5, 5.41) is 4.47. The average Bonchev–Trinajstić information content (AvgIpc) is 2.79. The van der Waals surface area contributed by atoms with E-state index < -0.39 is 0 Å². The number of nitrogens with zero attached hydrogens (tertiary/aromatic N) is 1. The van der Waals surface area contributed by atoms with E-state index >= 15 is 0 Å². The summed E-state index contributed by atoms with van der Waals surface area (Å²) >= 11 is 1.81. The topological polar surface area (TPSA) is 29.3 Å². The Balaban J connectivity index is 1.61. The second-order valence-corrected chi connectivity index (χ2v) is 7.05. The molecule has 1 aromatic heterocycles. The van der Waals surface area contributed by atoms with E-state index in [1.54, 1.807) is 0 Å². The molecule has 2 nitrogen and oxygen atoms in total. The Morgan fingerprint density at radius 2 is 2.28 bits per heavy atom. The first-order chi connectivity index (χ1) is 8.72. The summed E-state index contributed by atoms with van der Waals surface area (Å²) in [7, 11) is 0. The molecule has 18 heavy (non-hydrogen) atoms. The zero-order valence-electron chi connectivity index (χ0n) is 11.2. The van der Waals surface area contributed by atoms with E-state index in [-0.39, 0.29) is 0 Å². The Hall–Kier alpha value is -0.380. The van der Waals surface area contributed by atoms with Crippen LogP contribution in [0.25, 0.3) is 0 Å². The first kappa shape index (κ1) is 12.6. The molecule has 2 aliphatic rings. The quantitative estimate of drug-likeness (QED) is 0.909. The Morgan fingerprint density at radius 1 is 1.39 bits per heavy atom. The summed E-state index contributed by atoms with van der Waals surface area (Å²) in [4.78, 5) is 2.68. The lowest BCUT2D eigenvalue weighted by molar-refractivity contribution is 0.0288. The molecule has 0 aromatic carbocycles. The van der Waals surface area contributed by atoms with Crippen molar-refractivity contribution in [3.05, 3.63) is 22.4 Å². The van der Waals surface area contributed by atoms with Crippen LogP contribution in [0.2, 0.25) is 0 Å². The van der Waals surface area contributed by atoms with Gasteiger partial charge >= 0.3 is 0 Å². The Morgan fingerprint density at radius 3 is 2.89 bits per heavy atom. The minimum absolute atomic E-state index is 0.384. The van der Waals surface area contributed by atoms with Crippen LogP contribution in [0.3, 0.4) is 0 Å². The van der Waals surface area contributed by atoms with Crippen LogP contribution in [0.4, 0.5) is 0 Å². The molecule has 2 fully saturated rings. The van der Waals surface area contributed by atoms with Crippen molar-refractivity contribution in [1.29, 1.82) is 0 Å². The number of piperidine rings is 1. The number of likely N-dealkylation sites (tertiary alicyclic amines) is 1. The predicted molar refractivity (Wildman–Crippen MR) is 77.9 cm³/mol. The molecule has 0 radical (unpaired) electrons. The van der Waals surface area contributed by atoms with Gasteiger partial charge in [-0.05, 0) is 59.9 Å². The van der Waals surface area contributed by atoms with Gasteiger partial charge in [0.2, 0.25) is 0 Å². The maximum absolute atomic E-state index is 6.27. The highest BCUT2D eigenvalue weighted by molar-refractivity contribution is 7.07. The molecule has 1 aliphatic heterocycles. The molecule has 3 heteroatoms. The molecule has 1 saturated carbocycles. The zero-order chi connectivity index (χ0) is 12.5. The van der Waals surface area contributed by atoms with E-state index in [1.807, 2.05) is 11.3 Å². The smallest absolute Gasteiger partial charge is 0.0171 e. The minimum atomic E-state index is 0.384. The van der Waals surface area contributed by atoms with Gasteiger partial charge in [0.05, 0.1) is 0 Å². The first-order valence-electron chi connectivity index (χ1n) is 7.23. The van der Waals surface area contributed by atoms with E-state index in [0.29, 0.717) is 6.04 Å². The molecule has 4 atom stereocenters. The fourth-order valence-corrected chi connectivity index (χ4v) is 4.32. The number of rotatable bonds is 3. The van der Waals surface area contributed by atoms with Crippen molar-refractivity contribution in [2.45, 2.75) is 44.7 Å². The summed E-state index contributed by atoms with van der Waals surface area (Å²) < 4.78 is 0. The molecule has 1 aliphatic carbocycles. The lowest BCUT2D eigenvalue weighted by Crippen LogP contribution is -2.55. The number of hydrogen-bond donors (Lipinski definition) is 1. The van der Waals surface area contributed by atoms with Crippen LogP contribution in [-0.2, 0) is 6.42 Å². The van der Waals surface area contributed by atoms with Crippen LogP contribution >= 0.6 is 11.3 Å². The molecule has 1 aromatic rings. The third-order valence-electron chi connectivity index (χ3n) is 4.75. The molecule has 2 heterocycles. The fourth-order valence-electron chi connectivity index (χ4n) is 3.64. The second kappa shape index (κ2) is 5.32. The molecule has 2 N–H and O–H groups in total. The van der Waals surface area contributed by atoms with E-state index in [0.717, 1.165) is 24.4 Å². The van der Waals surface area contributed by atoms with Gasteiger partial charge in [-0.3, -0.25) is 4.90 Å². The highest BCUT2D eigenvalue weighted by Gasteiger charge is 2.36. The molecule has 0 amide bonds. The standard InChI is InChI=1S/C15H24N2S/c1-11-2-3-15(11)17-8-13(7-14(16)9-17)6-12-4-5-18-10-12/h4-5,10-11,13-15H,2-3,6-9,16H2,1H3. The molecular formula is C15H24N2S. The summed E-state index contributed by atoms with van der Waals surface area (Å²) in [5.41, 5.74) is 7.77. The van der Waals surface area contributed by atoms with Crippen molar-refractivity contribution < 1.29 is 0 Å². The van der Waals surface area contributed by atoms with Crippen molar-refractivity contribution in [1.82, 2.24) is 4.90 Å². The van der Waals surface area contributed by atoms with Crippen LogP contribution in [0.1, 0.15) is 31.7 Å². The Kier molecular flexibility index (Phi) is 3.73. The van der Waals surface area contributed by atoms with Crippen LogP contribution in [0.15, 0.2) is 16.8 Å². The Bertz CT molecular complexity index is 376.